The van der Waals surface area contributed by atoms with Crippen LogP contribution in [0.3, 0.4) is 0 Å². The molecular weight excluding hydrogens is 349 g/mol. The van der Waals surface area contributed by atoms with E-state index in [1.54, 1.807) is 12.1 Å². The number of imidazole rings is 1. The molecule has 0 spiro atoms. The first kappa shape index (κ1) is 17.5. The van der Waals surface area contributed by atoms with Gasteiger partial charge in [0.15, 0.2) is 0 Å². The second kappa shape index (κ2) is 7.08. The maximum Gasteiger partial charge on any atom is 0.125 e. The highest BCUT2D eigenvalue weighted by atomic mass is 19.1. The molecule has 1 atom stereocenters. The summed E-state index contributed by atoms with van der Waals surface area (Å²) in [5.41, 5.74) is 6.23. The number of anilines is 1. The normalized spacial score (nSPS) is 19.6. The van der Waals surface area contributed by atoms with Crippen molar-refractivity contribution in [3.05, 3.63) is 60.3 Å². The monoisotopic (exact) mass is 375 g/mol. The van der Waals surface area contributed by atoms with Gasteiger partial charge >= 0.3 is 0 Å². The molecule has 1 aromatic heterocycles. The van der Waals surface area contributed by atoms with Crippen LogP contribution in [0.2, 0.25) is 0 Å². The van der Waals surface area contributed by atoms with Crippen molar-refractivity contribution in [2.24, 2.45) is 0 Å². The lowest BCUT2D eigenvalue weighted by atomic mass is 9.86. The molecule has 28 heavy (non-hydrogen) atoms. The highest BCUT2D eigenvalue weighted by molar-refractivity contribution is 5.85. The highest BCUT2D eigenvalue weighted by Gasteiger charge is 2.22. The Morgan fingerprint density at radius 2 is 2.00 bits per heavy atom. The highest BCUT2D eigenvalue weighted by Crippen LogP contribution is 2.41. The Hall–Kier alpha value is -2.62. The van der Waals surface area contributed by atoms with Gasteiger partial charge in [0.05, 0.1) is 17.4 Å². The van der Waals surface area contributed by atoms with E-state index >= 15 is 0 Å². The minimum absolute atomic E-state index is 0.209. The molecule has 0 saturated heterocycles. The van der Waals surface area contributed by atoms with Crippen LogP contribution >= 0.6 is 0 Å². The van der Waals surface area contributed by atoms with Gasteiger partial charge in [0.25, 0.3) is 0 Å². The van der Waals surface area contributed by atoms with Crippen molar-refractivity contribution in [3.63, 3.8) is 0 Å². The fraction of sp³-hybridized carbons (Fsp3) is 0.375. The molecular formula is C24H26FN3. The van der Waals surface area contributed by atoms with E-state index in [4.69, 9.17) is 4.98 Å². The Kier molecular flexibility index (Phi) is 4.42. The average Bonchev–Trinajstić information content (AvgIpc) is 3.16. The molecule has 0 amide bonds. The maximum atomic E-state index is 14.3. The van der Waals surface area contributed by atoms with Gasteiger partial charge in [0.1, 0.15) is 5.82 Å². The number of fused-ring (bicyclic) bond motifs is 2. The summed E-state index contributed by atoms with van der Waals surface area (Å²) < 4.78 is 16.7. The van der Waals surface area contributed by atoms with Gasteiger partial charge in [-0.2, -0.15) is 0 Å². The van der Waals surface area contributed by atoms with Crippen molar-refractivity contribution in [1.82, 2.24) is 9.55 Å². The summed E-state index contributed by atoms with van der Waals surface area (Å²) in [7, 11) is 0. The van der Waals surface area contributed by atoms with E-state index in [-0.39, 0.29) is 5.82 Å². The van der Waals surface area contributed by atoms with E-state index < -0.39 is 0 Å². The Balaban J connectivity index is 1.60. The van der Waals surface area contributed by atoms with E-state index in [0.717, 1.165) is 28.8 Å². The van der Waals surface area contributed by atoms with Crippen LogP contribution in [0.25, 0.3) is 22.2 Å². The molecule has 0 bridgehead atoms. The summed E-state index contributed by atoms with van der Waals surface area (Å²) in [5, 5.41) is 3.22. The number of hydrogen-bond acceptors (Lipinski definition) is 2. The summed E-state index contributed by atoms with van der Waals surface area (Å²) >= 11 is 0. The number of halogens is 1. The van der Waals surface area contributed by atoms with Crippen LogP contribution in [-0.4, -0.2) is 9.55 Å². The van der Waals surface area contributed by atoms with E-state index in [0.29, 0.717) is 12.0 Å². The van der Waals surface area contributed by atoms with Crippen LogP contribution in [-0.2, 0) is 0 Å². The van der Waals surface area contributed by atoms with Crippen molar-refractivity contribution in [2.45, 2.75) is 57.4 Å². The zero-order valence-electron chi connectivity index (χ0n) is 16.3. The Bertz CT molecular complexity index is 1040. The third kappa shape index (κ3) is 2.92. The molecule has 2 aliphatic rings. The van der Waals surface area contributed by atoms with Crippen molar-refractivity contribution in [2.75, 3.05) is 5.32 Å². The molecule has 1 aliphatic carbocycles. The molecule has 3 aromatic rings. The second-order valence-corrected chi connectivity index (χ2v) is 8.08. The summed E-state index contributed by atoms with van der Waals surface area (Å²) in [6.07, 6.45) is 13.5. The van der Waals surface area contributed by atoms with Gasteiger partial charge in [0.2, 0.25) is 0 Å². The molecule has 1 fully saturated rings. The minimum Gasteiger partial charge on any atom is -0.362 e. The average molecular weight is 375 g/mol. The minimum atomic E-state index is -0.209. The van der Waals surface area contributed by atoms with Gasteiger partial charge in [-0.05, 0) is 66.4 Å². The SMILES string of the molecule is CCC1C=CNc2cc(F)cc(-c3ccc4c(c3)ncn4C3CCCCC3)c21. The van der Waals surface area contributed by atoms with Crippen LogP contribution < -0.4 is 5.32 Å². The first-order chi connectivity index (χ1) is 13.7. The summed E-state index contributed by atoms with van der Waals surface area (Å²) in [6.45, 7) is 2.17. The quantitative estimate of drug-likeness (QED) is 0.547. The van der Waals surface area contributed by atoms with Crippen molar-refractivity contribution in [3.8, 4) is 11.1 Å². The number of aromatic nitrogens is 2. The lowest BCUT2D eigenvalue weighted by Crippen LogP contribution is -2.11. The van der Waals surface area contributed by atoms with Crippen molar-refractivity contribution < 1.29 is 4.39 Å². The number of nitrogens with zero attached hydrogens (tertiary/aromatic N) is 2. The molecule has 5 rings (SSSR count). The number of hydrogen-bond donors (Lipinski definition) is 1. The predicted octanol–water partition coefficient (Wildman–Crippen LogP) is 6.78. The zero-order chi connectivity index (χ0) is 19.1. The molecule has 144 valence electrons. The Morgan fingerprint density at radius 3 is 2.82 bits per heavy atom. The van der Waals surface area contributed by atoms with E-state index in [1.807, 2.05) is 12.5 Å². The maximum absolute atomic E-state index is 14.3. The third-order valence-electron chi connectivity index (χ3n) is 6.38. The largest absolute Gasteiger partial charge is 0.362 e. The summed E-state index contributed by atoms with van der Waals surface area (Å²) in [4.78, 5) is 4.69. The first-order valence-electron chi connectivity index (χ1n) is 10.5. The van der Waals surface area contributed by atoms with Crippen LogP contribution in [0.1, 0.15) is 63.0 Å². The standard InChI is InChI=1S/C24H26FN3/c1-2-16-10-11-26-22-14-18(25)13-20(24(16)22)17-8-9-23-21(12-17)27-15-28(23)19-6-4-3-5-7-19/h8-16,19,26H,2-7H2,1H3. The number of benzene rings is 2. The third-order valence-corrected chi connectivity index (χ3v) is 6.38. The topological polar surface area (TPSA) is 29.9 Å². The molecule has 0 radical (unpaired) electrons. The van der Waals surface area contributed by atoms with Gasteiger partial charge in [-0.15, -0.1) is 0 Å². The van der Waals surface area contributed by atoms with Crippen LogP contribution in [0, 0.1) is 5.82 Å². The first-order valence-corrected chi connectivity index (χ1v) is 10.5. The molecule has 2 heterocycles. The Morgan fingerprint density at radius 1 is 1.14 bits per heavy atom. The number of allylic oxidation sites excluding steroid dienone is 1. The van der Waals surface area contributed by atoms with Crippen LogP contribution in [0.5, 0.6) is 0 Å². The summed E-state index contributed by atoms with van der Waals surface area (Å²) in [6, 6.07) is 10.2. The molecule has 2 aromatic carbocycles. The van der Waals surface area contributed by atoms with Gasteiger partial charge in [-0.1, -0.05) is 38.3 Å². The Labute approximate surface area is 165 Å². The molecule has 4 heteroatoms. The van der Waals surface area contributed by atoms with Crippen LogP contribution in [0.15, 0.2) is 48.9 Å². The smallest absolute Gasteiger partial charge is 0.125 e. The summed E-state index contributed by atoms with van der Waals surface area (Å²) in [5.74, 6) is 0.0848. The van der Waals surface area contributed by atoms with Gasteiger partial charge in [0, 0.05) is 17.6 Å². The van der Waals surface area contributed by atoms with Crippen molar-refractivity contribution in [1.29, 1.82) is 0 Å². The lowest BCUT2D eigenvalue weighted by molar-refractivity contribution is 0.359. The predicted molar refractivity (Wildman–Crippen MR) is 113 cm³/mol. The van der Waals surface area contributed by atoms with E-state index in [9.17, 15) is 4.39 Å². The fourth-order valence-electron chi connectivity index (χ4n) is 4.92. The molecule has 3 nitrogen and oxygen atoms in total. The van der Waals surface area contributed by atoms with E-state index in [2.05, 4.69) is 41.1 Å². The zero-order valence-corrected chi connectivity index (χ0v) is 16.3. The van der Waals surface area contributed by atoms with Crippen molar-refractivity contribution >= 4 is 16.7 Å². The molecule has 1 N–H and O–H groups in total. The lowest BCUT2D eigenvalue weighted by Gasteiger charge is -2.25. The van der Waals surface area contributed by atoms with Gasteiger partial charge in [-0.25, -0.2) is 9.37 Å². The van der Waals surface area contributed by atoms with Gasteiger partial charge in [-0.3, -0.25) is 0 Å². The number of nitrogens with one attached hydrogen (secondary N) is 1. The second-order valence-electron chi connectivity index (χ2n) is 8.08. The molecule has 1 saturated carbocycles. The van der Waals surface area contributed by atoms with Gasteiger partial charge < -0.3 is 9.88 Å². The number of rotatable bonds is 3. The van der Waals surface area contributed by atoms with Crippen LogP contribution in [0.4, 0.5) is 10.1 Å². The van der Waals surface area contributed by atoms with E-state index in [1.165, 1.54) is 43.2 Å². The molecule has 1 aliphatic heterocycles. The molecule has 1 unspecified atom stereocenters. The fourth-order valence-corrected chi connectivity index (χ4v) is 4.92.